The van der Waals surface area contributed by atoms with Crippen LogP contribution < -0.4 is 5.32 Å². The Morgan fingerprint density at radius 2 is 2.28 bits per heavy atom. The summed E-state index contributed by atoms with van der Waals surface area (Å²) in [5.41, 5.74) is 1.08. The zero-order chi connectivity index (χ0) is 13.5. The van der Waals surface area contributed by atoms with E-state index in [1.807, 2.05) is 30.9 Å². The minimum absolute atomic E-state index is 0.197. The summed E-state index contributed by atoms with van der Waals surface area (Å²) in [6.45, 7) is 7.65. The smallest absolute Gasteiger partial charge is 0.323 e. The molecular formula is C13H23N3O2. The molecule has 0 aliphatic heterocycles. The normalized spacial score (nSPS) is 12.7. The second kappa shape index (κ2) is 7.16. The Morgan fingerprint density at radius 1 is 1.56 bits per heavy atom. The predicted octanol–water partition coefficient (Wildman–Crippen LogP) is 1.58. The summed E-state index contributed by atoms with van der Waals surface area (Å²) in [5, 5.41) is 7.47. The minimum atomic E-state index is -0.274. The average Bonchev–Trinajstić information content (AvgIpc) is 2.77. The molecule has 1 rings (SSSR count). The number of ether oxygens (including phenoxy) is 1. The fourth-order valence-corrected chi connectivity index (χ4v) is 1.80. The summed E-state index contributed by atoms with van der Waals surface area (Å²) in [6.07, 6.45) is 4.90. The lowest BCUT2D eigenvalue weighted by Gasteiger charge is -2.19. The molecule has 102 valence electrons. The van der Waals surface area contributed by atoms with Crippen molar-refractivity contribution in [2.75, 3.05) is 7.11 Å². The summed E-state index contributed by atoms with van der Waals surface area (Å²) in [5.74, 6) is -0.0194. The van der Waals surface area contributed by atoms with Gasteiger partial charge in [0.2, 0.25) is 0 Å². The number of carbonyl (C=O) groups excluding carboxylic acids is 1. The zero-order valence-corrected chi connectivity index (χ0v) is 11.6. The van der Waals surface area contributed by atoms with E-state index in [4.69, 9.17) is 4.74 Å². The van der Waals surface area contributed by atoms with Crippen LogP contribution in [0.15, 0.2) is 12.4 Å². The molecule has 0 bridgehead atoms. The van der Waals surface area contributed by atoms with Crippen LogP contribution in [0.2, 0.25) is 0 Å². The van der Waals surface area contributed by atoms with E-state index >= 15 is 0 Å². The minimum Gasteiger partial charge on any atom is -0.468 e. The van der Waals surface area contributed by atoms with Gasteiger partial charge in [-0.15, -0.1) is 0 Å². The third-order valence-electron chi connectivity index (χ3n) is 2.79. The lowest BCUT2D eigenvalue weighted by atomic mass is 10.0. The molecule has 0 unspecified atom stereocenters. The highest BCUT2D eigenvalue weighted by Crippen LogP contribution is 2.06. The Labute approximate surface area is 109 Å². The zero-order valence-electron chi connectivity index (χ0n) is 11.6. The van der Waals surface area contributed by atoms with Crippen molar-refractivity contribution in [1.29, 1.82) is 0 Å². The van der Waals surface area contributed by atoms with E-state index in [0.717, 1.165) is 18.5 Å². The van der Waals surface area contributed by atoms with Gasteiger partial charge in [0, 0.05) is 24.8 Å². The van der Waals surface area contributed by atoms with Crippen LogP contribution in [-0.2, 0) is 22.6 Å². The first-order chi connectivity index (χ1) is 8.58. The fourth-order valence-electron chi connectivity index (χ4n) is 1.80. The van der Waals surface area contributed by atoms with E-state index in [-0.39, 0.29) is 17.9 Å². The van der Waals surface area contributed by atoms with E-state index < -0.39 is 0 Å². The molecule has 1 aromatic rings. The number of aryl methyl sites for hydroxylation is 1. The molecule has 0 amide bonds. The molecular weight excluding hydrogens is 230 g/mol. The van der Waals surface area contributed by atoms with Gasteiger partial charge in [-0.2, -0.15) is 5.10 Å². The molecule has 0 aromatic carbocycles. The molecule has 0 saturated carbocycles. The molecule has 0 spiro atoms. The van der Waals surface area contributed by atoms with Gasteiger partial charge < -0.3 is 4.74 Å². The number of aromatic nitrogens is 2. The number of esters is 1. The summed E-state index contributed by atoms with van der Waals surface area (Å²) in [4.78, 5) is 11.6. The van der Waals surface area contributed by atoms with Gasteiger partial charge in [0.25, 0.3) is 0 Å². The van der Waals surface area contributed by atoms with E-state index in [9.17, 15) is 4.79 Å². The number of nitrogens with zero attached hydrogens (tertiary/aromatic N) is 2. The van der Waals surface area contributed by atoms with Crippen molar-refractivity contribution in [3.05, 3.63) is 18.0 Å². The number of hydrogen-bond donors (Lipinski definition) is 1. The maximum absolute atomic E-state index is 11.6. The fraction of sp³-hybridized carbons (Fsp3) is 0.692. The number of hydrogen-bond acceptors (Lipinski definition) is 4. The molecule has 1 atom stereocenters. The maximum Gasteiger partial charge on any atom is 0.323 e. The molecule has 0 radical (unpaired) electrons. The molecule has 0 fully saturated rings. The summed E-state index contributed by atoms with van der Waals surface area (Å²) < 4.78 is 6.70. The van der Waals surface area contributed by atoms with Crippen molar-refractivity contribution in [3.8, 4) is 0 Å². The van der Waals surface area contributed by atoms with Gasteiger partial charge in [0.1, 0.15) is 6.04 Å². The predicted molar refractivity (Wildman–Crippen MR) is 70.0 cm³/mol. The van der Waals surface area contributed by atoms with Gasteiger partial charge >= 0.3 is 5.97 Å². The van der Waals surface area contributed by atoms with Crippen molar-refractivity contribution >= 4 is 5.97 Å². The first-order valence-electron chi connectivity index (χ1n) is 6.41. The van der Waals surface area contributed by atoms with Crippen LogP contribution in [-0.4, -0.2) is 28.9 Å². The third-order valence-corrected chi connectivity index (χ3v) is 2.79. The van der Waals surface area contributed by atoms with Gasteiger partial charge in [0.15, 0.2) is 0 Å². The molecule has 0 aliphatic rings. The van der Waals surface area contributed by atoms with E-state index in [1.165, 1.54) is 7.11 Å². The Hall–Kier alpha value is -1.36. The summed E-state index contributed by atoms with van der Waals surface area (Å²) in [7, 11) is 1.42. The summed E-state index contributed by atoms with van der Waals surface area (Å²) >= 11 is 0. The van der Waals surface area contributed by atoms with E-state index in [0.29, 0.717) is 6.54 Å². The molecule has 5 heteroatoms. The molecule has 18 heavy (non-hydrogen) atoms. The van der Waals surface area contributed by atoms with Crippen molar-refractivity contribution in [2.24, 2.45) is 5.92 Å². The van der Waals surface area contributed by atoms with Crippen LogP contribution in [0.1, 0.15) is 32.8 Å². The van der Waals surface area contributed by atoms with E-state index in [1.54, 1.807) is 0 Å². The number of methoxy groups -OCH3 is 1. The third kappa shape index (κ3) is 4.14. The maximum atomic E-state index is 11.6. The van der Waals surface area contributed by atoms with Crippen molar-refractivity contribution in [1.82, 2.24) is 15.1 Å². The SMILES string of the molecule is CCCn1cc(CN[C@H](C(=O)OC)C(C)C)cn1. The molecule has 0 saturated heterocycles. The van der Waals surface area contributed by atoms with Crippen LogP contribution in [0, 0.1) is 5.92 Å². The Kier molecular flexibility index (Phi) is 5.85. The van der Waals surface area contributed by atoms with Gasteiger partial charge in [-0.25, -0.2) is 0 Å². The highest BCUT2D eigenvalue weighted by molar-refractivity contribution is 5.75. The van der Waals surface area contributed by atoms with Crippen LogP contribution >= 0.6 is 0 Å². The highest BCUT2D eigenvalue weighted by atomic mass is 16.5. The average molecular weight is 253 g/mol. The van der Waals surface area contributed by atoms with E-state index in [2.05, 4.69) is 17.3 Å². The van der Waals surface area contributed by atoms with Crippen molar-refractivity contribution in [2.45, 2.75) is 46.3 Å². The van der Waals surface area contributed by atoms with Gasteiger partial charge in [-0.05, 0) is 12.3 Å². The lowest BCUT2D eigenvalue weighted by Crippen LogP contribution is -2.41. The molecule has 5 nitrogen and oxygen atoms in total. The Balaban J connectivity index is 2.53. The van der Waals surface area contributed by atoms with Crippen LogP contribution in [0.5, 0.6) is 0 Å². The van der Waals surface area contributed by atoms with Crippen LogP contribution in [0.3, 0.4) is 0 Å². The Morgan fingerprint density at radius 3 is 2.83 bits per heavy atom. The molecule has 0 aliphatic carbocycles. The van der Waals surface area contributed by atoms with Crippen molar-refractivity contribution in [3.63, 3.8) is 0 Å². The number of nitrogens with one attached hydrogen (secondary N) is 1. The largest absolute Gasteiger partial charge is 0.468 e. The lowest BCUT2D eigenvalue weighted by molar-refractivity contribution is -0.144. The first kappa shape index (κ1) is 14.7. The van der Waals surface area contributed by atoms with Gasteiger partial charge in [-0.3, -0.25) is 14.8 Å². The second-order valence-corrected chi connectivity index (χ2v) is 4.74. The first-order valence-corrected chi connectivity index (χ1v) is 6.41. The molecule has 1 aromatic heterocycles. The quantitative estimate of drug-likeness (QED) is 0.750. The molecule has 1 heterocycles. The van der Waals surface area contributed by atoms with Crippen LogP contribution in [0.4, 0.5) is 0 Å². The van der Waals surface area contributed by atoms with Crippen molar-refractivity contribution < 1.29 is 9.53 Å². The standard InChI is InChI=1S/C13H23N3O2/c1-5-6-16-9-11(8-15-16)7-14-12(10(2)3)13(17)18-4/h8-10,12,14H,5-7H2,1-4H3/t12-/m0/s1. The van der Waals surface area contributed by atoms with Gasteiger partial charge in [0.05, 0.1) is 13.3 Å². The highest BCUT2D eigenvalue weighted by Gasteiger charge is 2.22. The molecule has 1 N–H and O–H groups in total. The topological polar surface area (TPSA) is 56.2 Å². The van der Waals surface area contributed by atoms with Gasteiger partial charge in [-0.1, -0.05) is 20.8 Å². The number of carbonyl (C=O) groups is 1. The second-order valence-electron chi connectivity index (χ2n) is 4.74. The Bertz CT molecular complexity index is 374. The number of rotatable bonds is 7. The summed E-state index contributed by atoms with van der Waals surface area (Å²) in [6, 6.07) is -0.274. The monoisotopic (exact) mass is 253 g/mol. The van der Waals surface area contributed by atoms with Crippen LogP contribution in [0.25, 0.3) is 0 Å².